The zero-order valence-corrected chi connectivity index (χ0v) is 18.5. The quantitative estimate of drug-likeness (QED) is 0.381. The number of carbonyl (C=O) groups is 3. The van der Waals surface area contributed by atoms with Crippen LogP contribution in [0.4, 0.5) is 5.69 Å². The van der Waals surface area contributed by atoms with Gasteiger partial charge in [0.2, 0.25) is 0 Å². The van der Waals surface area contributed by atoms with Crippen LogP contribution in [-0.4, -0.2) is 30.1 Å². The molecule has 3 rings (SSSR count). The van der Waals surface area contributed by atoms with E-state index in [1.807, 2.05) is 45.9 Å². The lowest BCUT2D eigenvalue weighted by atomic mass is 9.92. The van der Waals surface area contributed by atoms with E-state index in [1.165, 1.54) is 4.90 Å². The zero-order valence-electron chi connectivity index (χ0n) is 17.8. The first-order chi connectivity index (χ1) is 14.3. The number of carbonyl (C=O) groups excluding carboxylic acids is 3. The molecule has 0 aromatic heterocycles. The molecule has 3 amide bonds. The number of alkyl halides is 1. The highest BCUT2D eigenvalue weighted by Gasteiger charge is 2.41. The molecule has 0 aliphatic carbocycles. The van der Waals surface area contributed by atoms with Crippen LogP contribution in [0.1, 0.15) is 88.2 Å². The van der Waals surface area contributed by atoms with Gasteiger partial charge >= 0.3 is 0 Å². The van der Waals surface area contributed by atoms with Crippen molar-refractivity contribution >= 4 is 35.0 Å². The van der Waals surface area contributed by atoms with E-state index < -0.39 is 5.91 Å². The van der Waals surface area contributed by atoms with Crippen LogP contribution in [0.5, 0.6) is 0 Å². The van der Waals surface area contributed by atoms with E-state index in [9.17, 15) is 14.4 Å². The minimum Gasteiger partial charge on any atom is -0.352 e. The van der Waals surface area contributed by atoms with E-state index >= 15 is 0 Å². The van der Waals surface area contributed by atoms with Crippen molar-refractivity contribution in [2.45, 2.75) is 46.0 Å². The third-order valence-corrected chi connectivity index (χ3v) is 5.59. The van der Waals surface area contributed by atoms with Crippen LogP contribution in [0, 0.1) is 0 Å². The van der Waals surface area contributed by atoms with Crippen LogP contribution in [0.2, 0.25) is 0 Å². The summed E-state index contributed by atoms with van der Waals surface area (Å²) in [5.41, 5.74) is 3.16. The van der Waals surface area contributed by atoms with Crippen LogP contribution in [0.15, 0.2) is 36.4 Å². The first-order valence-corrected chi connectivity index (χ1v) is 10.8. The van der Waals surface area contributed by atoms with E-state index in [2.05, 4.69) is 5.32 Å². The van der Waals surface area contributed by atoms with E-state index in [0.29, 0.717) is 24.5 Å². The first kappa shape index (κ1) is 22.0. The maximum absolute atomic E-state index is 13.5. The molecule has 158 valence electrons. The molecule has 1 aliphatic heterocycles. The summed E-state index contributed by atoms with van der Waals surface area (Å²) in [5, 5.41) is 2.77. The van der Waals surface area contributed by atoms with Gasteiger partial charge in [-0.1, -0.05) is 52.0 Å². The van der Waals surface area contributed by atoms with Gasteiger partial charge in [0.1, 0.15) is 0 Å². The van der Waals surface area contributed by atoms with Crippen LogP contribution >= 0.6 is 11.6 Å². The Morgan fingerprint density at radius 3 is 2.13 bits per heavy atom. The minimum absolute atomic E-state index is 0.126. The van der Waals surface area contributed by atoms with E-state index in [0.717, 1.165) is 11.1 Å². The Morgan fingerprint density at radius 2 is 1.57 bits per heavy atom. The molecule has 0 bridgehead atoms. The Kier molecular flexibility index (Phi) is 6.61. The Hall–Kier alpha value is -2.66. The molecular formula is C24H27ClN2O3. The number of hydrogen-bond acceptors (Lipinski definition) is 3. The Bertz CT molecular complexity index is 972. The molecule has 0 radical (unpaired) electrons. The van der Waals surface area contributed by atoms with Gasteiger partial charge in [-0.15, -0.1) is 11.6 Å². The maximum Gasteiger partial charge on any atom is 0.266 e. The monoisotopic (exact) mass is 426 g/mol. The number of anilines is 1. The molecule has 2 aromatic rings. The Balaban J connectivity index is 2.12. The highest BCUT2D eigenvalue weighted by molar-refractivity contribution is 6.36. The van der Waals surface area contributed by atoms with E-state index in [1.54, 1.807) is 18.2 Å². The summed E-state index contributed by atoms with van der Waals surface area (Å²) in [7, 11) is 0. The van der Waals surface area contributed by atoms with Gasteiger partial charge in [-0.2, -0.15) is 0 Å². The Labute approximate surface area is 182 Å². The predicted octanol–water partition coefficient (Wildman–Crippen LogP) is 5.09. The zero-order chi connectivity index (χ0) is 22.0. The fourth-order valence-electron chi connectivity index (χ4n) is 3.81. The molecule has 0 atom stereocenters. The summed E-state index contributed by atoms with van der Waals surface area (Å²) in [4.78, 5) is 40.8. The van der Waals surface area contributed by atoms with Crippen LogP contribution in [0.25, 0.3) is 0 Å². The van der Waals surface area contributed by atoms with Gasteiger partial charge in [-0.3, -0.25) is 14.4 Å². The summed E-state index contributed by atoms with van der Waals surface area (Å²) in [6.07, 6.45) is 0.626. The highest BCUT2D eigenvalue weighted by Crippen LogP contribution is 2.40. The van der Waals surface area contributed by atoms with Crippen LogP contribution in [-0.2, 0) is 0 Å². The summed E-state index contributed by atoms with van der Waals surface area (Å²) >= 11 is 5.68. The number of amides is 3. The van der Waals surface area contributed by atoms with Crippen molar-refractivity contribution in [1.29, 1.82) is 0 Å². The molecule has 1 N–H and O–H groups in total. The van der Waals surface area contributed by atoms with Crippen molar-refractivity contribution in [2.75, 3.05) is 17.3 Å². The number of halogens is 1. The lowest BCUT2D eigenvalue weighted by molar-refractivity contribution is 0.0910. The van der Waals surface area contributed by atoms with Crippen molar-refractivity contribution in [1.82, 2.24) is 5.32 Å². The second-order valence-electron chi connectivity index (χ2n) is 8.07. The van der Waals surface area contributed by atoms with Crippen molar-refractivity contribution in [2.24, 2.45) is 0 Å². The smallest absolute Gasteiger partial charge is 0.266 e. The molecule has 0 saturated heterocycles. The van der Waals surface area contributed by atoms with Crippen molar-refractivity contribution in [3.05, 3.63) is 64.2 Å². The number of nitrogens with zero attached hydrogens (tertiary/aromatic N) is 1. The molecule has 1 heterocycles. The topological polar surface area (TPSA) is 66.5 Å². The number of fused-ring (bicyclic) bond motifs is 1. The van der Waals surface area contributed by atoms with Crippen LogP contribution < -0.4 is 10.2 Å². The minimum atomic E-state index is -0.451. The SMILES string of the molecule is CC(C)c1cccc(C(C)C)c1N1C(=O)c2cccc(C(=O)NCCCCl)c2C1=O. The highest BCUT2D eigenvalue weighted by atomic mass is 35.5. The summed E-state index contributed by atoms with van der Waals surface area (Å²) < 4.78 is 0. The second-order valence-corrected chi connectivity index (χ2v) is 8.44. The van der Waals surface area contributed by atoms with Crippen molar-refractivity contribution < 1.29 is 14.4 Å². The number of benzene rings is 2. The Morgan fingerprint density at radius 1 is 0.967 bits per heavy atom. The van der Waals surface area contributed by atoms with Crippen molar-refractivity contribution in [3.63, 3.8) is 0 Å². The number of rotatable bonds is 7. The van der Waals surface area contributed by atoms with E-state index in [-0.39, 0.29) is 40.3 Å². The maximum atomic E-state index is 13.5. The normalized spacial score (nSPS) is 13.4. The molecule has 0 fully saturated rings. The fraction of sp³-hybridized carbons (Fsp3) is 0.375. The standard InChI is InChI=1S/C24H27ClN2O3/c1-14(2)16-8-5-9-17(15(3)4)21(16)27-23(29)19-11-6-10-18(20(19)24(27)30)22(28)26-13-7-12-25/h5-6,8-11,14-15H,7,12-13H2,1-4H3,(H,26,28). The molecule has 6 heteroatoms. The largest absolute Gasteiger partial charge is 0.352 e. The van der Waals surface area contributed by atoms with Gasteiger partial charge in [0.15, 0.2) is 0 Å². The number of imide groups is 1. The van der Waals surface area contributed by atoms with Crippen molar-refractivity contribution in [3.8, 4) is 0 Å². The molecule has 5 nitrogen and oxygen atoms in total. The molecule has 0 saturated carbocycles. The average Bonchev–Trinajstić information content (AvgIpc) is 2.97. The predicted molar refractivity (Wildman–Crippen MR) is 120 cm³/mol. The second kappa shape index (κ2) is 9.00. The number of nitrogens with one attached hydrogen (secondary N) is 1. The molecule has 30 heavy (non-hydrogen) atoms. The number of hydrogen-bond donors (Lipinski definition) is 1. The third kappa shape index (κ3) is 3.86. The van der Waals surface area contributed by atoms with Gasteiger partial charge in [-0.05, 0) is 41.5 Å². The summed E-state index contributed by atoms with van der Waals surface area (Å²) in [5.74, 6) is -0.528. The summed E-state index contributed by atoms with van der Waals surface area (Å²) in [6.45, 7) is 8.56. The third-order valence-electron chi connectivity index (χ3n) is 5.32. The molecule has 0 unspecified atom stereocenters. The first-order valence-electron chi connectivity index (χ1n) is 10.3. The van der Waals surface area contributed by atoms with Gasteiger partial charge in [0, 0.05) is 12.4 Å². The fourth-order valence-corrected chi connectivity index (χ4v) is 3.95. The summed E-state index contributed by atoms with van der Waals surface area (Å²) in [6, 6.07) is 10.7. The average molecular weight is 427 g/mol. The molecule has 2 aromatic carbocycles. The van der Waals surface area contributed by atoms with E-state index in [4.69, 9.17) is 11.6 Å². The number of para-hydroxylation sites is 1. The molecule has 0 spiro atoms. The lowest BCUT2D eigenvalue weighted by Gasteiger charge is -2.25. The van der Waals surface area contributed by atoms with Gasteiger partial charge in [-0.25, -0.2) is 4.90 Å². The van der Waals surface area contributed by atoms with Gasteiger partial charge in [0.25, 0.3) is 17.7 Å². The molecule has 1 aliphatic rings. The lowest BCUT2D eigenvalue weighted by Crippen LogP contribution is -2.32. The van der Waals surface area contributed by atoms with Crippen LogP contribution in [0.3, 0.4) is 0 Å². The molecular weight excluding hydrogens is 400 g/mol. The van der Waals surface area contributed by atoms with Gasteiger partial charge in [0.05, 0.1) is 22.4 Å². The van der Waals surface area contributed by atoms with Gasteiger partial charge < -0.3 is 5.32 Å².